The lowest BCUT2D eigenvalue weighted by Gasteiger charge is -2.03. The second kappa shape index (κ2) is 4.85. The number of H-pyrrole nitrogens is 1. The van der Waals surface area contributed by atoms with Gasteiger partial charge < -0.3 is 10.7 Å². The van der Waals surface area contributed by atoms with Crippen molar-refractivity contribution in [1.82, 2.24) is 4.98 Å². The Morgan fingerprint density at radius 3 is 2.67 bits per heavy atom. The largest absolute Gasteiger partial charge is 0.399 e. The number of nitrogen functional groups attached to an aromatic ring is 1. The fourth-order valence-electron chi connectivity index (χ4n) is 1.82. The van der Waals surface area contributed by atoms with E-state index < -0.39 is 0 Å². The summed E-state index contributed by atoms with van der Waals surface area (Å²) in [5.74, 6) is 0. The van der Waals surface area contributed by atoms with Crippen molar-refractivity contribution in [3.05, 3.63) is 52.1 Å². The van der Waals surface area contributed by atoms with Crippen LogP contribution in [0.4, 0.5) is 5.69 Å². The average Bonchev–Trinajstić information content (AvgIpc) is 2.75. The minimum Gasteiger partial charge on any atom is -0.399 e. The number of fused-ring (bicyclic) bond motifs is 1. The Bertz CT molecular complexity index is 673. The van der Waals surface area contributed by atoms with Crippen LogP contribution in [0.2, 0.25) is 0 Å². The first kappa shape index (κ1) is 11.9. The zero-order valence-electron chi connectivity index (χ0n) is 9.48. The van der Waals surface area contributed by atoms with Gasteiger partial charge in [-0.25, -0.2) is 0 Å². The summed E-state index contributed by atoms with van der Waals surface area (Å²) in [5.41, 5.74) is 7.74. The van der Waals surface area contributed by atoms with E-state index in [1.54, 1.807) is 11.8 Å². The number of nitrogens with one attached hydrogen (secondary N) is 1. The highest BCUT2D eigenvalue weighted by Gasteiger charge is 2.05. The highest BCUT2D eigenvalue weighted by atomic mass is 127. The van der Waals surface area contributed by atoms with Crippen LogP contribution in [-0.4, -0.2) is 4.98 Å². The van der Waals surface area contributed by atoms with Gasteiger partial charge in [0.25, 0.3) is 0 Å². The normalized spacial score (nSPS) is 10.9. The van der Waals surface area contributed by atoms with Gasteiger partial charge in [0, 0.05) is 25.1 Å². The van der Waals surface area contributed by atoms with Crippen LogP contribution in [0.5, 0.6) is 0 Å². The predicted octanol–water partition coefficient (Wildman–Crippen LogP) is 4.51. The monoisotopic (exact) mass is 366 g/mol. The van der Waals surface area contributed by atoms with E-state index in [9.17, 15) is 0 Å². The van der Waals surface area contributed by atoms with E-state index >= 15 is 0 Å². The Morgan fingerprint density at radius 1 is 1.06 bits per heavy atom. The van der Waals surface area contributed by atoms with Crippen LogP contribution in [0.1, 0.15) is 0 Å². The van der Waals surface area contributed by atoms with E-state index in [-0.39, 0.29) is 0 Å². The number of aromatic nitrogens is 1. The lowest BCUT2D eigenvalue weighted by molar-refractivity contribution is 1.23. The lowest BCUT2D eigenvalue weighted by atomic mass is 10.3. The second-order valence-electron chi connectivity index (χ2n) is 4.01. The molecule has 1 aromatic heterocycles. The smallest absolute Gasteiger partial charge is 0.0781 e. The third-order valence-corrected chi connectivity index (χ3v) is 4.96. The lowest BCUT2D eigenvalue weighted by Crippen LogP contribution is -1.86. The molecule has 0 unspecified atom stereocenters. The van der Waals surface area contributed by atoms with E-state index in [1.165, 1.54) is 19.4 Å². The SMILES string of the molecule is Nc1ccc(Sc2cc3ccccc3[nH]2)c(I)c1. The van der Waals surface area contributed by atoms with Gasteiger partial charge in [0.1, 0.15) is 0 Å². The van der Waals surface area contributed by atoms with Crippen LogP contribution in [0, 0.1) is 3.57 Å². The molecule has 2 aromatic carbocycles. The van der Waals surface area contributed by atoms with Gasteiger partial charge in [-0.1, -0.05) is 30.0 Å². The van der Waals surface area contributed by atoms with Gasteiger partial charge >= 0.3 is 0 Å². The maximum atomic E-state index is 5.76. The summed E-state index contributed by atoms with van der Waals surface area (Å²) in [6.45, 7) is 0. The first-order chi connectivity index (χ1) is 8.72. The molecule has 0 saturated carbocycles. The van der Waals surface area contributed by atoms with Gasteiger partial charge in [-0.3, -0.25) is 0 Å². The molecule has 0 aliphatic carbocycles. The highest BCUT2D eigenvalue weighted by molar-refractivity contribution is 14.1. The topological polar surface area (TPSA) is 41.8 Å². The molecule has 3 rings (SSSR count). The molecule has 3 N–H and O–H groups in total. The zero-order valence-corrected chi connectivity index (χ0v) is 12.5. The first-order valence-corrected chi connectivity index (χ1v) is 7.42. The Hall–Kier alpha value is -1.14. The molecule has 0 fully saturated rings. The Labute approximate surface area is 123 Å². The molecule has 1 heterocycles. The molecule has 2 nitrogen and oxygen atoms in total. The van der Waals surface area contributed by atoms with Gasteiger partial charge in [-0.15, -0.1) is 0 Å². The number of para-hydroxylation sites is 1. The van der Waals surface area contributed by atoms with Gasteiger partial charge in [-0.05, 0) is 52.9 Å². The summed E-state index contributed by atoms with van der Waals surface area (Å²) in [7, 11) is 0. The van der Waals surface area contributed by atoms with E-state index in [0.717, 1.165) is 10.7 Å². The summed E-state index contributed by atoms with van der Waals surface area (Å²) in [6.07, 6.45) is 0. The summed E-state index contributed by atoms with van der Waals surface area (Å²) in [4.78, 5) is 4.63. The number of rotatable bonds is 2. The van der Waals surface area contributed by atoms with Gasteiger partial charge in [0.15, 0.2) is 0 Å². The van der Waals surface area contributed by atoms with Gasteiger partial charge in [0.05, 0.1) is 5.03 Å². The van der Waals surface area contributed by atoms with Crippen LogP contribution in [0.25, 0.3) is 10.9 Å². The standard InChI is InChI=1S/C14H11IN2S/c15-11-8-10(16)5-6-13(11)18-14-7-9-3-1-2-4-12(9)17-14/h1-8,17H,16H2. The molecule has 0 spiro atoms. The Morgan fingerprint density at radius 2 is 1.89 bits per heavy atom. The predicted molar refractivity (Wildman–Crippen MR) is 86.0 cm³/mol. The minimum atomic E-state index is 0.806. The fourth-order valence-corrected chi connectivity index (χ4v) is 3.57. The average molecular weight is 366 g/mol. The van der Waals surface area contributed by atoms with E-state index in [2.05, 4.69) is 57.9 Å². The van der Waals surface area contributed by atoms with Crippen LogP contribution in [-0.2, 0) is 0 Å². The number of hydrogen-bond donors (Lipinski definition) is 2. The number of hydrogen-bond acceptors (Lipinski definition) is 2. The molecule has 0 saturated heterocycles. The fraction of sp³-hybridized carbons (Fsp3) is 0. The summed E-state index contributed by atoms with van der Waals surface area (Å²) in [5, 5.41) is 2.39. The van der Waals surface area contributed by atoms with Crippen molar-refractivity contribution in [2.45, 2.75) is 9.92 Å². The van der Waals surface area contributed by atoms with Crippen molar-refractivity contribution in [2.24, 2.45) is 0 Å². The minimum absolute atomic E-state index is 0.806. The van der Waals surface area contributed by atoms with E-state index in [0.29, 0.717) is 0 Å². The van der Waals surface area contributed by atoms with Crippen molar-refractivity contribution >= 4 is 50.9 Å². The van der Waals surface area contributed by atoms with Crippen molar-refractivity contribution in [2.75, 3.05) is 5.73 Å². The van der Waals surface area contributed by atoms with Crippen molar-refractivity contribution in [3.8, 4) is 0 Å². The number of benzene rings is 2. The third kappa shape index (κ3) is 2.35. The molecule has 3 aromatic rings. The molecule has 0 amide bonds. The molecule has 4 heteroatoms. The highest BCUT2D eigenvalue weighted by Crippen LogP contribution is 2.33. The van der Waals surface area contributed by atoms with E-state index in [4.69, 9.17) is 5.73 Å². The first-order valence-electron chi connectivity index (χ1n) is 5.53. The van der Waals surface area contributed by atoms with Crippen LogP contribution in [0.3, 0.4) is 0 Å². The molecular weight excluding hydrogens is 355 g/mol. The van der Waals surface area contributed by atoms with E-state index in [1.807, 2.05) is 18.2 Å². The number of aromatic amines is 1. The molecule has 0 aliphatic rings. The van der Waals surface area contributed by atoms with Crippen molar-refractivity contribution in [3.63, 3.8) is 0 Å². The number of anilines is 1. The molecule has 0 radical (unpaired) electrons. The maximum absolute atomic E-state index is 5.76. The van der Waals surface area contributed by atoms with Crippen LogP contribution in [0.15, 0.2) is 58.5 Å². The van der Waals surface area contributed by atoms with Crippen LogP contribution >= 0.6 is 34.4 Å². The summed E-state index contributed by atoms with van der Waals surface area (Å²) >= 11 is 4.05. The summed E-state index contributed by atoms with van der Waals surface area (Å²) < 4.78 is 1.18. The summed E-state index contributed by atoms with van der Waals surface area (Å²) in [6, 6.07) is 16.5. The molecule has 0 aliphatic heterocycles. The second-order valence-corrected chi connectivity index (χ2v) is 6.26. The molecule has 0 atom stereocenters. The van der Waals surface area contributed by atoms with Crippen molar-refractivity contribution in [1.29, 1.82) is 0 Å². The maximum Gasteiger partial charge on any atom is 0.0781 e. The van der Waals surface area contributed by atoms with Crippen LogP contribution < -0.4 is 5.73 Å². The molecule has 18 heavy (non-hydrogen) atoms. The Kier molecular flexibility index (Phi) is 3.22. The van der Waals surface area contributed by atoms with Gasteiger partial charge in [-0.2, -0.15) is 0 Å². The van der Waals surface area contributed by atoms with Crippen molar-refractivity contribution < 1.29 is 0 Å². The Balaban J connectivity index is 1.96. The number of nitrogens with two attached hydrogens (primary N) is 1. The third-order valence-electron chi connectivity index (χ3n) is 2.68. The number of halogens is 1. The van der Waals surface area contributed by atoms with Gasteiger partial charge in [0.2, 0.25) is 0 Å². The molecule has 0 bridgehead atoms. The molecule has 90 valence electrons. The zero-order chi connectivity index (χ0) is 12.5. The quantitative estimate of drug-likeness (QED) is 0.518. The molecular formula is C14H11IN2S.